The van der Waals surface area contributed by atoms with Crippen LogP contribution in [0.2, 0.25) is 0 Å². The van der Waals surface area contributed by atoms with Crippen LogP contribution in [-0.2, 0) is 15.8 Å². The Morgan fingerprint density at radius 3 is 2.57 bits per heavy atom. The lowest BCUT2D eigenvalue weighted by molar-refractivity contribution is -0.137. The fraction of sp³-hybridized carbons (Fsp3) is 0.600. The summed E-state index contributed by atoms with van der Waals surface area (Å²) >= 11 is 0. The fourth-order valence-electron chi connectivity index (χ4n) is 2.44. The molecule has 0 aromatic heterocycles. The minimum Gasteiger partial charge on any atom is -0.369 e. The van der Waals surface area contributed by atoms with Gasteiger partial charge in [-0.1, -0.05) is 12.1 Å². The van der Waals surface area contributed by atoms with E-state index in [1.54, 1.807) is 0 Å². The first-order valence-corrected chi connectivity index (χ1v) is 7.18. The van der Waals surface area contributed by atoms with E-state index in [4.69, 9.17) is 9.57 Å². The first-order valence-electron chi connectivity index (χ1n) is 7.18. The molecular formula is C15H20F3NO2. The summed E-state index contributed by atoms with van der Waals surface area (Å²) in [6, 6.07) is 5.24. The Morgan fingerprint density at radius 2 is 1.95 bits per heavy atom. The second kappa shape index (κ2) is 7.24. The second-order valence-corrected chi connectivity index (χ2v) is 5.08. The second-order valence-electron chi connectivity index (χ2n) is 5.08. The quantitative estimate of drug-likeness (QED) is 0.662. The van der Waals surface area contributed by atoms with Crippen molar-refractivity contribution in [1.82, 2.24) is 5.48 Å². The van der Waals surface area contributed by atoms with Crippen LogP contribution in [0.25, 0.3) is 0 Å². The van der Waals surface area contributed by atoms with Gasteiger partial charge < -0.3 is 9.57 Å². The third kappa shape index (κ3) is 4.69. The van der Waals surface area contributed by atoms with E-state index in [1.807, 2.05) is 6.92 Å². The smallest absolute Gasteiger partial charge is 0.369 e. The molecule has 0 amide bonds. The number of benzene rings is 1. The molecule has 6 heteroatoms. The summed E-state index contributed by atoms with van der Waals surface area (Å²) in [5.74, 6) is 0. The van der Waals surface area contributed by atoms with Gasteiger partial charge in [0.2, 0.25) is 0 Å². The largest absolute Gasteiger partial charge is 0.416 e. The van der Waals surface area contributed by atoms with Crippen LogP contribution in [0, 0.1) is 0 Å². The van der Waals surface area contributed by atoms with E-state index in [0.717, 1.165) is 37.0 Å². The Hall–Kier alpha value is -1.11. The van der Waals surface area contributed by atoms with E-state index in [-0.39, 0.29) is 12.2 Å². The topological polar surface area (TPSA) is 30.5 Å². The van der Waals surface area contributed by atoms with Crippen LogP contribution in [0.3, 0.4) is 0 Å². The van der Waals surface area contributed by atoms with Crippen molar-refractivity contribution in [2.75, 3.05) is 13.2 Å². The first kappa shape index (κ1) is 16.3. The number of hydrogen-bond donors (Lipinski definition) is 1. The summed E-state index contributed by atoms with van der Waals surface area (Å²) < 4.78 is 43.6. The molecule has 0 spiro atoms. The SMILES string of the molecule is CCONCC1CCCC(c2ccc(C(F)(F)F)cc2)O1. The van der Waals surface area contributed by atoms with Crippen molar-refractivity contribution in [2.24, 2.45) is 0 Å². The molecular weight excluding hydrogens is 283 g/mol. The predicted molar refractivity (Wildman–Crippen MR) is 72.5 cm³/mol. The van der Waals surface area contributed by atoms with E-state index in [2.05, 4.69) is 5.48 Å². The van der Waals surface area contributed by atoms with E-state index < -0.39 is 11.7 Å². The van der Waals surface area contributed by atoms with Gasteiger partial charge in [0, 0.05) is 6.54 Å². The number of hydrogen-bond acceptors (Lipinski definition) is 3. The lowest BCUT2D eigenvalue weighted by Gasteiger charge is -2.30. The summed E-state index contributed by atoms with van der Waals surface area (Å²) in [6.07, 6.45) is -1.67. The van der Waals surface area contributed by atoms with Crippen LogP contribution in [0.15, 0.2) is 24.3 Å². The molecule has 1 aromatic rings. The van der Waals surface area contributed by atoms with Crippen molar-refractivity contribution in [3.05, 3.63) is 35.4 Å². The van der Waals surface area contributed by atoms with Crippen LogP contribution in [0.5, 0.6) is 0 Å². The van der Waals surface area contributed by atoms with Gasteiger partial charge in [0.15, 0.2) is 0 Å². The van der Waals surface area contributed by atoms with E-state index in [0.29, 0.717) is 13.2 Å². The lowest BCUT2D eigenvalue weighted by Crippen LogP contribution is -2.33. The standard InChI is InChI=1S/C15H20F3NO2/c1-2-20-19-10-13-4-3-5-14(21-13)11-6-8-12(9-7-11)15(16,17)18/h6-9,13-14,19H,2-5,10H2,1H3. The third-order valence-corrected chi connectivity index (χ3v) is 3.52. The van der Waals surface area contributed by atoms with E-state index in [1.165, 1.54) is 12.1 Å². The van der Waals surface area contributed by atoms with E-state index in [9.17, 15) is 13.2 Å². The molecule has 2 rings (SSSR count). The average Bonchev–Trinajstić information content (AvgIpc) is 2.47. The Labute approximate surface area is 122 Å². The minimum atomic E-state index is -4.30. The van der Waals surface area contributed by atoms with E-state index >= 15 is 0 Å². The van der Waals surface area contributed by atoms with Crippen LogP contribution in [0.4, 0.5) is 13.2 Å². The summed E-state index contributed by atoms with van der Waals surface area (Å²) in [5.41, 5.74) is 3.00. The first-order chi connectivity index (χ1) is 10.0. The summed E-state index contributed by atoms with van der Waals surface area (Å²) in [4.78, 5) is 5.08. The maximum absolute atomic E-state index is 12.5. The minimum absolute atomic E-state index is 0.0255. The van der Waals surface area contributed by atoms with Crippen molar-refractivity contribution < 1.29 is 22.7 Å². The normalized spacial score (nSPS) is 23.2. The molecule has 1 saturated heterocycles. The van der Waals surface area contributed by atoms with Gasteiger partial charge in [-0.25, -0.2) is 0 Å². The fourth-order valence-corrected chi connectivity index (χ4v) is 2.44. The zero-order valence-electron chi connectivity index (χ0n) is 12.0. The monoisotopic (exact) mass is 303 g/mol. The van der Waals surface area contributed by atoms with Crippen molar-refractivity contribution in [3.63, 3.8) is 0 Å². The molecule has 0 aliphatic carbocycles. The average molecular weight is 303 g/mol. The summed E-state index contributed by atoms with van der Waals surface area (Å²) in [6.45, 7) is 3.06. The maximum atomic E-state index is 12.5. The molecule has 21 heavy (non-hydrogen) atoms. The van der Waals surface area contributed by atoms with Crippen LogP contribution < -0.4 is 5.48 Å². The third-order valence-electron chi connectivity index (χ3n) is 3.52. The summed E-state index contributed by atoms with van der Waals surface area (Å²) in [7, 11) is 0. The van der Waals surface area contributed by atoms with Gasteiger partial charge in [-0.15, -0.1) is 0 Å². The molecule has 0 bridgehead atoms. The van der Waals surface area contributed by atoms with Crippen molar-refractivity contribution in [3.8, 4) is 0 Å². The van der Waals surface area contributed by atoms with Gasteiger partial charge in [0.1, 0.15) is 0 Å². The Kier molecular flexibility index (Phi) is 5.61. The highest BCUT2D eigenvalue weighted by Gasteiger charge is 2.31. The van der Waals surface area contributed by atoms with Gasteiger partial charge in [-0.05, 0) is 43.9 Å². The molecule has 1 aliphatic rings. The Morgan fingerprint density at radius 1 is 1.24 bits per heavy atom. The number of nitrogens with one attached hydrogen (secondary N) is 1. The maximum Gasteiger partial charge on any atom is 0.416 e. The molecule has 0 saturated carbocycles. The highest BCUT2D eigenvalue weighted by atomic mass is 19.4. The molecule has 1 aromatic carbocycles. The number of hydroxylamine groups is 1. The number of rotatable bonds is 5. The molecule has 118 valence electrons. The van der Waals surface area contributed by atoms with Gasteiger partial charge in [0.05, 0.1) is 24.4 Å². The highest BCUT2D eigenvalue weighted by Crippen LogP contribution is 2.34. The number of alkyl halides is 3. The molecule has 0 radical (unpaired) electrons. The molecule has 3 nitrogen and oxygen atoms in total. The van der Waals surface area contributed by atoms with Crippen molar-refractivity contribution in [2.45, 2.75) is 44.6 Å². The Bertz CT molecular complexity index is 434. The van der Waals surface area contributed by atoms with Crippen molar-refractivity contribution >= 4 is 0 Å². The van der Waals surface area contributed by atoms with Crippen LogP contribution in [0.1, 0.15) is 43.4 Å². The van der Waals surface area contributed by atoms with Gasteiger partial charge in [0.25, 0.3) is 0 Å². The summed E-state index contributed by atoms with van der Waals surface area (Å²) in [5, 5.41) is 0. The number of halogens is 3. The highest BCUT2D eigenvalue weighted by molar-refractivity contribution is 5.26. The zero-order valence-corrected chi connectivity index (χ0v) is 12.0. The van der Waals surface area contributed by atoms with Crippen molar-refractivity contribution in [1.29, 1.82) is 0 Å². The van der Waals surface area contributed by atoms with Crippen LogP contribution >= 0.6 is 0 Å². The molecule has 1 fully saturated rings. The van der Waals surface area contributed by atoms with Gasteiger partial charge >= 0.3 is 6.18 Å². The van der Waals surface area contributed by atoms with Gasteiger partial charge in [-0.2, -0.15) is 18.7 Å². The predicted octanol–water partition coefficient (Wildman–Crippen LogP) is 3.86. The molecule has 2 unspecified atom stereocenters. The van der Waals surface area contributed by atoms with Crippen LogP contribution in [-0.4, -0.2) is 19.3 Å². The zero-order chi connectivity index (χ0) is 15.3. The molecule has 1 aliphatic heterocycles. The number of ether oxygens (including phenoxy) is 1. The lowest BCUT2D eigenvalue weighted by atomic mass is 9.97. The molecule has 2 atom stereocenters. The molecule has 1 N–H and O–H groups in total. The van der Waals surface area contributed by atoms with Gasteiger partial charge in [-0.3, -0.25) is 0 Å². The Balaban J connectivity index is 1.94. The molecule has 1 heterocycles.